The lowest BCUT2D eigenvalue weighted by molar-refractivity contribution is 0.385. The lowest BCUT2D eigenvalue weighted by atomic mass is 9.76. The third kappa shape index (κ3) is 3.17. The van der Waals surface area contributed by atoms with Crippen molar-refractivity contribution >= 4 is 40.9 Å². The van der Waals surface area contributed by atoms with Crippen molar-refractivity contribution in [3.63, 3.8) is 0 Å². The van der Waals surface area contributed by atoms with Gasteiger partial charge in [-0.2, -0.15) is 10.1 Å². The van der Waals surface area contributed by atoms with Crippen LogP contribution in [0.2, 0.25) is 10.0 Å². The van der Waals surface area contributed by atoms with Gasteiger partial charge in [0.15, 0.2) is 0 Å². The monoisotopic (exact) mass is 408 g/mol. The molecule has 0 amide bonds. The van der Waals surface area contributed by atoms with Crippen LogP contribution in [0.5, 0.6) is 0 Å². The first-order valence-corrected chi connectivity index (χ1v) is 10.1. The van der Waals surface area contributed by atoms with Gasteiger partial charge >= 0.3 is 0 Å². The number of rotatable bonds is 2. The van der Waals surface area contributed by atoms with Gasteiger partial charge in [0.05, 0.1) is 11.8 Å². The maximum Gasteiger partial charge on any atom is 0.248 e. The molecule has 4 nitrogen and oxygen atoms in total. The van der Waals surface area contributed by atoms with Crippen LogP contribution in [0.1, 0.15) is 36.4 Å². The van der Waals surface area contributed by atoms with Crippen LogP contribution in [0.25, 0.3) is 6.08 Å². The maximum absolute atomic E-state index is 6.11. The fraction of sp³-hybridized carbons (Fsp3) is 0.227. The quantitative estimate of drug-likeness (QED) is 0.510. The summed E-state index contributed by atoms with van der Waals surface area (Å²) in [4.78, 5) is 9.29. The van der Waals surface area contributed by atoms with E-state index in [1.807, 2.05) is 41.1 Å². The largest absolute Gasteiger partial charge is 0.248 e. The van der Waals surface area contributed by atoms with E-state index in [1.54, 1.807) is 6.33 Å². The molecule has 28 heavy (non-hydrogen) atoms. The molecule has 1 aromatic heterocycles. The number of nitrogens with zero attached hydrogens (tertiary/aromatic N) is 4. The summed E-state index contributed by atoms with van der Waals surface area (Å²) >= 11 is 12.1. The lowest BCUT2D eigenvalue weighted by Crippen LogP contribution is -2.34. The van der Waals surface area contributed by atoms with Crippen molar-refractivity contribution in [2.45, 2.75) is 25.3 Å². The van der Waals surface area contributed by atoms with Crippen molar-refractivity contribution < 1.29 is 0 Å². The van der Waals surface area contributed by atoms with E-state index in [2.05, 4.69) is 28.3 Å². The second kappa shape index (κ2) is 7.19. The average Bonchev–Trinajstić information content (AvgIpc) is 3.17. The van der Waals surface area contributed by atoms with E-state index in [-0.39, 0.29) is 12.0 Å². The first kappa shape index (κ1) is 17.7. The molecule has 5 rings (SSSR count). The van der Waals surface area contributed by atoms with Crippen molar-refractivity contribution in [3.8, 4) is 0 Å². The van der Waals surface area contributed by atoms with E-state index in [9.17, 15) is 0 Å². The maximum atomic E-state index is 6.11. The van der Waals surface area contributed by atoms with Gasteiger partial charge in [0.2, 0.25) is 5.95 Å². The third-order valence-electron chi connectivity index (χ3n) is 5.48. The minimum Gasteiger partial charge on any atom is -0.222 e. The van der Waals surface area contributed by atoms with Gasteiger partial charge < -0.3 is 0 Å². The average molecular weight is 409 g/mol. The molecule has 1 aliphatic heterocycles. The summed E-state index contributed by atoms with van der Waals surface area (Å²) in [5.74, 6) is 0.929. The zero-order chi connectivity index (χ0) is 19.1. The predicted molar refractivity (Wildman–Crippen MR) is 113 cm³/mol. The summed E-state index contributed by atoms with van der Waals surface area (Å²) in [6.45, 7) is 0. The molecule has 0 bridgehead atoms. The highest BCUT2D eigenvalue weighted by molar-refractivity contribution is 6.30. The van der Waals surface area contributed by atoms with Gasteiger partial charge in [-0.25, -0.2) is 9.67 Å². The van der Waals surface area contributed by atoms with E-state index in [4.69, 9.17) is 28.2 Å². The first-order chi connectivity index (χ1) is 13.7. The molecule has 140 valence electrons. The summed E-state index contributed by atoms with van der Waals surface area (Å²) in [5.41, 5.74) is 4.72. The van der Waals surface area contributed by atoms with Crippen LogP contribution in [-0.4, -0.2) is 20.5 Å². The molecule has 1 fully saturated rings. The summed E-state index contributed by atoms with van der Waals surface area (Å²) in [6, 6.07) is 16.0. The second-order valence-corrected chi connectivity index (χ2v) is 8.09. The Kier molecular flexibility index (Phi) is 4.53. The highest BCUT2D eigenvalue weighted by Crippen LogP contribution is 2.43. The summed E-state index contributed by atoms with van der Waals surface area (Å²) in [6.07, 6.45) is 7.02. The molecular formula is C22H18Cl2N4. The third-order valence-corrected chi connectivity index (χ3v) is 5.99. The summed E-state index contributed by atoms with van der Waals surface area (Å²) in [7, 11) is 0. The van der Waals surface area contributed by atoms with Crippen molar-refractivity contribution in [1.29, 1.82) is 0 Å². The second-order valence-electron chi connectivity index (χ2n) is 7.22. The smallest absolute Gasteiger partial charge is 0.222 e. The van der Waals surface area contributed by atoms with Gasteiger partial charge in [0.25, 0.3) is 0 Å². The number of aromatic nitrogens is 3. The number of allylic oxidation sites excluding steroid dienone is 1. The Morgan fingerprint density at radius 2 is 1.68 bits per heavy atom. The molecule has 2 heterocycles. The Hall–Kier alpha value is -2.43. The topological polar surface area (TPSA) is 43.1 Å². The minimum atomic E-state index is 0.0798. The Bertz CT molecular complexity index is 1060. The Morgan fingerprint density at radius 3 is 2.43 bits per heavy atom. The van der Waals surface area contributed by atoms with Gasteiger partial charge in [-0.15, -0.1) is 0 Å². The Morgan fingerprint density at radius 1 is 0.964 bits per heavy atom. The van der Waals surface area contributed by atoms with Gasteiger partial charge in [0, 0.05) is 16.0 Å². The van der Waals surface area contributed by atoms with Crippen molar-refractivity contribution in [3.05, 3.63) is 81.6 Å². The molecule has 1 saturated carbocycles. The van der Waals surface area contributed by atoms with Crippen molar-refractivity contribution in [2.75, 3.05) is 0 Å². The molecule has 1 aliphatic carbocycles. The number of hydrogen-bond donors (Lipinski definition) is 0. The summed E-state index contributed by atoms with van der Waals surface area (Å²) in [5, 5.41) is 5.96. The Labute approximate surface area is 173 Å². The standard InChI is InChI=1S/C22H18Cl2N4/c23-17-8-4-14(5-9-17)12-16-2-1-3-19-20(16)27-22-25-13-26-28(22)21(19)15-6-10-18(24)11-7-15/h4-13,19,21H,1-3H2. The molecule has 0 radical (unpaired) electrons. The fourth-order valence-corrected chi connectivity index (χ4v) is 4.47. The number of aliphatic imine (C=N–C) groups is 1. The molecule has 2 atom stereocenters. The first-order valence-electron chi connectivity index (χ1n) is 9.39. The van der Waals surface area contributed by atoms with E-state index >= 15 is 0 Å². The molecule has 0 saturated heterocycles. The van der Waals surface area contributed by atoms with E-state index in [0.717, 1.165) is 40.6 Å². The number of halogens is 2. The fourth-order valence-electron chi connectivity index (χ4n) is 4.22. The van der Waals surface area contributed by atoms with E-state index in [0.29, 0.717) is 5.95 Å². The molecule has 2 unspecified atom stereocenters. The van der Waals surface area contributed by atoms with Crippen LogP contribution >= 0.6 is 23.2 Å². The molecule has 0 N–H and O–H groups in total. The zero-order valence-electron chi connectivity index (χ0n) is 15.1. The van der Waals surface area contributed by atoms with Crippen LogP contribution < -0.4 is 0 Å². The van der Waals surface area contributed by atoms with Crippen LogP contribution in [-0.2, 0) is 0 Å². The van der Waals surface area contributed by atoms with E-state index in [1.165, 1.54) is 11.1 Å². The highest BCUT2D eigenvalue weighted by Gasteiger charge is 2.38. The number of benzene rings is 2. The zero-order valence-corrected chi connectivity index (χ0v) is 16.6. The van der Waals surface area contributed by atoms with Gasteiger partial charge in [-0.3, -0.25) is 0 Å². The molecule has 2 aliphatic rings. The SMILES string of the molecule is Clc1ccc(C=C2CCCC3C2=Nc2ncnn2C3c2ccc(Cl)cc2)cc1. The normalized spacial score (nSPS) is 22.5. The molecule has 2 aromatic carbocycles. The van der Waals surface area contributed by atoms with Gasteiger partial charge in [-0.1, -0.05) is 47.5 Å². The molecular weight excluding hydrogens is 391 g/mol. The van der Waals surface area contributed by atoms with Crippen molar-refractivity contribution in [1.82, 2.24) is 14.8 Å². The van der Waals surface area contributed by atoms with Crippen LogP contribution in [0.4, 0.5) is 5.95 Å². The van der Waals surface area contributed by atoms with Crippen LogP contribution in [0.15, 0.2) is 65.4 Å². The lowest BCUT2D eigenvalue weighted by Gasteiger charge is -2.36. The van der Waals surface area contributed by atoms with Crippen LogP contribution in [0.3, 0.4) is 0 Å². The number of fused-ring (bicyclic) bond motifs is 2. The van der Waals surface area contributed by atoms with Gasteiger partial charge in [-0.05, 0) is 66.3 Å². The minimum absolute atomic E-state index is 0.0798. The summed E-state index contributed by atoms with van der Waals surface area (Å²) < 4.78 is 1.95. The Balaban J connectivity index is 1.60. The molecule has 3 aromatic rings. The molecule has 6 heteroatoms. The van der Waals surface area contributed by atoms with E-state index < -0.39 is 0 Å². The number of hydrogen-bond acceptors (Lipinski definition) is 3. The highest BCUT2D eigenvalue weighted by atomic mass is 35.5. The molecule has 0 spiro atoms. The van der Waals surface area contributed by atoms with Crippen LogP contribution in [0, 0.1) is 5.92 Å². The predicted octanol–water partition coefficient (Wildman–Crippen LogP) is 6.14. The van der Waals surface area contributed by atoms with Gasteiger partial charge in [0.1, 0.15) is 6.33 Å². The van der Waals surface area contributed by atoms with Crippen molar-refractivity contribution in [2.24, 2.45) is 10.9 Å².